The molecule has 1 atom stereocenters. The van der Waals surface area contributed by atoms with E-state index in [1.807, 2.05) is 0 Å². The van der Waals surface area contributed by atoms with Gasteiger partial charge >= 0.3 is 0 Å². The van der Waals surface area contributed by atoms with E-state index in [9.17, 15) is 0 Å². The number of hydrogen-bond donors (Lipinski definition) is 1. The Hall–Kier alpha value is -2.31. The highest BCUT2D eigenvalue weighted by atomic mass is 31.1. The Morgan fingerprint density at radius 1 is 0.968 bits per heavy atom. The van der Waals surface area contributed by atoms with Crippen LogP contribution in [0.4, 0.5) is 0 Å². The van der Waals surface area contributed by atoms with Gasteiger partial charge < -0.3 is 5.32 Å². The number of fused-ring (bicyclic) bond motifs is 1. The Balaban J connectivity index is 1.73. The Labute approximate surface area is 189 Å². The first-order chi connectivity index (χ1) is 15.1. The summed E-state index contributed by atoms with van der Waals surface area (Å²) in [6, 6.07) is 17.2. The summed E-state index contributed by atoms with van der Waals surface area (Å²) in [5.41, 5.74) is 7.25. The monoisotopic (exact) mass is 432 g/mol. The summed E-state index contributed by atoms with van der Waals surface area (Å²) in [5.74, 6) is 0. The fourth-order valence-electron chi connectivity index (χ4n) is 4.10. The smallest absolute Gasteiger partial charge is 0.0740 e. The quantitative estimate of drug-likeness (QED) is 0.247. The highest BCUT2D eigenvalue weighted by molar-refractivity contribution is 7.55. The lowest BCUT2D eigenvalue weighted by Gasteiger charge is -2.16. The molecule has 0 aliphatic rings. The van der Waals surface area contributed by atoms with Crippen molar-refractivity contribution >= 4 is 24.7 Å². The first kappa shape index (κ1) is 23.4. The molecule has 2 aromatic carbocycles. The van der Waals surface area contributed by atoms with E-state index < -0.39 is 0 Å². The molecule has 1 N–H and O–H groups in total. The van der Waals surface area contributed by atoms with Gasteiger partial charge in [0.05, 0.1) is 5.52 Å². The number of nitrogens with one attached hydrogen (secondary N) is 1. The molecule has 3 aromatic rings. The number of allylic oxidation sites excluding steroid dienone is 1. The number of nitrogens with zero attached hydrogens (tertiary/aromatic N) is 1. The minimum absolute atomic E-state index is 0.321. The third kappa shape index (κ3) is 6.34. The van der Waals surface area contributed by atoms with E-state index in [4.69, 9.17) is 4.98 Å². The lowest BCUT2D eigenvalue weighted by Crippen LogP contribution is -2.16. The first-order valence-corrected chi connectivity index (χ1v) is 13.8. The molecule has 0 spiro atoms. The number of benzene rings is 2. The fraction of sp³-hybridized carbons (Fsp3) is 0.357. The fourth-order valence-corrected chi connectivity index (χ4v) is 5.21. The summed E-state index contributed by atoms with van der Waals surface area (Å²) in [5, 5.41) is 4.79. The molecular formula is C28H37N2P. The number of aryl methyl sites for hydroxylation is 1. The molecule has 0 aliphatic carbocycles. The topological polar surface area (TPSA) is 24.9 Å². The van der Waals surface area contributed by atoms with Gasteiger partial charge in [0.1, 0.15) is 0 Å². The summed E-state index contributed by atoms with van der Waals surface area (Å²) in [6.07, 6.45) is 14.5. The van der Waals surface area contributed by atoms with E-state index in [0.717, 1.165) is 30.6 Å². The largest absolute Gasteiger partial charge is 0.389 e. The van der Waals surface area contributed by atoms with Crippen molar-refractivity contribution in [1.29, 1.82) is 0 Å². The van der Waals surface area contributed by atoms with Crippen LogP contribution in [0.15, 0.2) is 67.0 Å². The van der Waals surface area contributed by atoms with Gasteiger partial charge in [0, 0.05) is 30.2 Å². The van der Waals surface area contributed by atoms with Crippen molar-refractivity contribution < 1.29 is 0 Å². The summed E-state index contributed by atoms with van der Waals surface area (Å²) in [4.78, 5) is 4.86. The predicted molar refractivity (Wildman–Crippen MR) is 142 cm³/mol. The molecule has 0 saturated carbocycles. The van der Waals surface area contributed by atoms with Gasteiger partial charge in [-0.2, -0.15) is 0 Å². The lowest BCUT2D eigenvalue weighted by molar-refractivity contribution is 0.663. The summed E-state index contributed by atoms with van der Waals surface area (Å²) in [7, 11) is -0.321. The molecule has 3 heteroatoms. The van der Waals surface area contributed by atoms with Gasteiger partial charge in [-0.1, -0.05) is 75.4 Å². The van der Waals surface area contributed by atoms with Gasteiger partial charge in [-0.25, -0.2) is 0 Å². The maximum absolute atomic E-state index is 4.86. The molecule has 0 amide bonds. The molecule has 1 aromatic heterocycles. The number of rotatable bonds is 12. The molecule has 0 fully saturated rings. The van der Waals surface area contributed by atoms with Crippen molar-refractivity contribution in [2.24, 2.45) is 0 Å². The predicted octanol–water partition coefficient (Wildman–Crippen LogP) is 6.95. The standard InChI is InChI=1S/C28H37N2P/c1-5-23-16-13-17-26-27(24-14-9-7-10-15-24)25(21-30-28(23)26)20-22(3)29-18-11-8-12-19-31(4)6-2/h7,9-10,13-17,21,29,31H,3-6,8,11-12,18-20H2,1-2H3. The molecule has 31 heavy (non-hydrogen) atoms. The SMILES string of the molecule is C=C(Cc1cnc2c(CC)cccc2c1-c1ccccc1)NCCCCC[PH](=C)CC. The zero-order valence-electron chi connectivity index (χ0n) is 19.2. The van der Waals surface area contributed by atoms with Crippen LogP contribution >= 0.6 is 7.55 Å². The second-order valence-corrected chi connectivity index (χ2v) is 11.0. The Morgan fingerprint density at radius 2 is 1.77 bits per heavy atom. The molecule has 0 bridgehead atoms. The number of aromatic nitrogens is 1. The van der Waals surface area contributed by atoms with Crippen LogP contribution in [0.2, 0.25) is 0 Å². The van der Waals surface area contributed by atoms with Crippen LogP contribution in [0.3, 0.4) is 0 Å². The minimum atomic E-state index is -0.321. The second kappa shape index (κ2) is 11.9. The van der Waals surface area contributed by atoms with E-state index >= 15 is 0 Å². The zero-order valence-corrected chi connectivity index (χ0v) is 20.2. The number of pyridine rings is 1. The molecule has 0 radical (unpaired) electrons. The summed E-state index contributed by atoms with van der Waals surface area (Å²) < 4.78 is 0. The molecule has 0 aliphatic heterocycles. The molecular weight excluding hydrogens is 395 g/mol. The number of unbranched alkanes of at least 4 members (excludes halogenated alkanes) is 2. The van der Waals surface area contributed by atoms with Gasteiger partial charge in [-0.05, 0) is 53.8 Å². The second-order valence-electron chi connectivity index (χ2n) is 8.31. The van der Waals surface area contributed by atoms with Crippen LogP contribution in [0.5, 0.6) is 0 Å². The normalized spacial score (nSPS) is 12.1. The molecule has 0 saturated heterocycles. The maximum atomic E-state index is 4.86. The third-order valence-corrected chi connectivity index (χ3v) is 8.05. The van der Waals surface area contributed by atoms with Crippen molar-refractivity contribution in [3.8, 4) is 11.1 Å². The van der Waals surface area contributed by atoms with Crippen molar-refractivity contribution in [2.75, 3.05) is 18.9 Å². The van der Waals surface area contributed by atoms with Gasteiger partial charge in [0.15, 0.2) is 0 Å². The van der Waals surface area contributed by atoms with E-state index in [0.29, 0.717) is 0 Å². The Morgan fingerprint density at radius 3 is 2.52 bits per heavy atom. The Bertz CT molecular complexity index is 1020. The molecule has 164 valence electrons. The van der Waals surface area contributed by atoms with Crippen molar-refractivity contribution in [1.82, 2.24) is 10.3 Å². The van der Waals surface area contributed by atoms with Crippen molar-refractivity contribution in [3.63, 3.8) is 0 Å². The van der Waals surface area contributed by atoms with Crippen LogP contribution in [0, 0.1) is 0 Å². The van der Waals surface area contributed by atoms with E-state index in [2.05, 4.69) is 86.8 Å². The Kier molecular flexibility index (Phi) is 8.98. The molecule has 3 rings (SSSR count). The van der Waals surface area contributed by atoms with E-state index in [-0.39, 0.29) is 7.55 Å². The lowest BCUT2D eigenvalue weighted by atomic mass is 9.93. The minimum Gasteiger partial charge on any atom is -0.389 e. The van der Waals surface area contributed by atoms with Gasteiger partial charge in [-0.15, -0.1) is 13.8 Å². The van der Waals surface area contributed by atoms with Crippen LogP contribution < -0.4 is 5.32 Å². The summed E-state index contributed by atoms with van der Waals surface area (Å²) in [6.45, 7) is 9.76. The van der Waals surface area contributed by atoms with Gasteiger partial charge in [-0.3, -0.25) is 4.98 Å². The van der Waals surface area contributed by atoms with Gasteiger partial charge in [0.2, 0.25) is 0 Å². The number of para-hydroxylation sites is 1. The molecule has 1 heterocycles. The maximum Gasteiger partial charge on any atom is 0.0740 e. The van der Waals surface area contributed by atoms with Crippen molar-refractivity contribution in [2.45, 2.75) is 46.0 Å². The van der Waals surface area contributed by atoms with Gasteiger partial charge in [0.25, 0.3) is 0 Å². The molecule has 1 unspecified atom stereocenters. The third-order valence-electron chi connectivity index (χ3n) is 5.99. The average Bonchev–Trinajstić information content (AvgIpc) is 2.80. The van der Waals surface area contributed by atoms with Crippen LogP contribution in [0.1, 0.15) is 44.2 Å². The average molecular weight is 433 g/mol. The van der Waals surface area contributed by atoms with Crippen molar-refractivity contribution in [3.05, 3.63) is 78.1 Å². The van der Waals surface area contributed by atoms with Crippen LogP contribution in [0.25, 0.3) is 22.0 Å². The molecule has 2 nitrogen and oxygen atoms in total. The van der Waals surface area contributed by atoms with E-state index in [1.165, 1.54) is 59.2 Å². The highest BCUT2D eigenvalue weighted by Crippen LogP contribution is 2.33. The van der Waals surface area contributed by atoms with E-state index in [1.54, 1.807) is 0 Å². The first-order valence-electron chi connectivity index (χ1n) is 11.7. The van der Waals surface area contributed by atoms with Crippen LogP contribution in [-0.4, -0.2) is 30.2 Å². The number of hydrogen-bond acceptors (Lipinski definition) is 2. The summed E-state index contributed by atoms with van der Waals surface area (Å²) >= 11 is 0. The zero-order chi connectivity index (χ0) is 22.1. The highest BCUT2D eigenvalue weighted by Gasteiger charge is 2.13. The van der Waals surface area contributed by atoms with Crippen LogP contribution in [-0.2, 0) is 12.8 Å².